The molecular weight excluding hydrogens is 354 g/mol. The number of nitrogens with two attached hydrogens (primary N) is 1. The van der Waals surface area contributed by atoms with Gasteiger partial charge in [-0.05, 0) is 41.7 Å². The van der Waals surface area contributed by atoms with Crippen molar-refractivity contribution in [2.45, 2.75) is 12.8 Å². The molecule has 0 amide bonds. The number of ether oxygens (including phenoxy) is 2. The lowest BCUT2D eigenvalue weighted by Gasteiger charge is -2.09. The maximum atomic E-state index is 11.8. The van der Waals surface area contributed by atoms with Crippen LogP contribution in [0.25, 0.3) is 11.1 Å². The molecule has 2 N–H and O–H groups in total. The van der Waals surface area contributed by atoms with Crippen LogP contribution in [0.2, 0.25) is 0 Å². The fourth-order valence-electron chi connectivity index (χ4n) is 2.90. The van der Waals surface area contributed by atoms with Crippen molar-refractivity contribution in [1.82, 2.24) is 9.55 Å². The van der Waals surface area contributed by atoms with E-state index in [1.165, 1.54) is 10.1 Å². The zero-order chi connectivity index (χ0) is 19.9. The van der Waals surface area contributed by atoms with Crippen LogP contribution in [0.1, 0.15) is 11.3 Å². The third kappa shape index (κ3) is 4.98. The van der Waals surface area contributed by atoms with Crippen molar-refractivity contribution >= 4 is 5.95 Å². The van der Waals surface area contributed by atoms with Crippen LogP contribution in [0.5, 0.6) is 5.75 Å². The molecule has 6 heteroatoms. The molecule has 0 fully saturated rings. The number of rotatable bonds is 8. The summed E-state index contributed by atoms with van der Waals surface area (Å²) in [5, 5.41) is 0. The molecule has 146 valence electrons. The summed E-state index contributed by atoms with van der Waals surface area (Å²) in [5.41, 5.74) is 9.79. The molecule has 3 aromatic rings. The normalized spacial score (nSPS) is 10.8. The van der Waals surface area contributed by atoms with Crippen LogP contribution >= 0.6 is 0 Å². The first-order chi connectivity index (χ1) is 13.6. The summed E-state index contributed by atoms with van der Waals surface area (Å²) < 4.78 is 11.9. The van der Waals surface area contributed by atoms with Gasteiger partial charge in [-0.2, -0.15) is 0 Å². The van der Waals surface area contributed by atoms with Crippen molar-refractivity contribution in [3.8, 4) is 16.9 Å². The molecule has 0 atom stereocenters. The molecule has 3 rings (SSSR count). The average Bonchev–Trinajstić information content (AvgIpc) is 2.71. The van der Waals surface area contributed by atoms with Gasteiger partial charge in [-0.3, -0.25) is 9.36 Å². The molecular formula is C22H25N3O3. The van der Waals surface area contributed by atoms with Crippen LogP contribution in [0, 0.1) is 0 Å². The van der Waals surface area contributed by atoms with Gasteiger partial charge in [0.1, 0.15) is 12.4 Å². The van der Waals surface area contributed by atoms with E-state index in [1.807, 2.05) is 30.3 Å². The molecule has 0 bridgehead atoms. The van der Waals surface area contributed by atoms with E-state index in [1.54, 1.807) is 20.2 Å². The number of aromatic nitrogens is 2. The smallest absolute Gasteiger partial charge is 0.254 e. The van der Waals surface area contributed by atoms with Gasteiger partial charge >= 0.3 is 0 Å². The Morgan fingerprint density at radius 3 is 2.50 bits per heavy atom. The van der Waals surface area contributed by atoms with E-state index in [4.69, 9.17) is 15.2 Å². The minimum absolute atomic E-state index is 0.135. The average molecular weight is 379 g/mol. The molecule has 6 nitrogen and oxygen atoms in total. The first-order valence-electron chi connectivity index (χ1n) is 9.20. The van der Waals surface area contributed by atoms with E-state index in [9.17, 15) is 4.79 Å². The second-order valence-corrected chi connectivity index (χ2v) is 6.57. The lowest BCUT2D eigenvalue weighted by molar-refractivity contribution is 0.146. The van der Waals surface area contributed by atoms with Crippen molar-refractivity contribution in [3.63, 3.8) is 0 Å². The minimum Gasteiger partial charge on any atom is -0.491 e. The van der Waals surface area contributed by atoms with Crippen LogP contribution < -0.4 is 16.0 Å². The van der Waals surface area contributed by atoms with E-state index >= 15 is 0 Å². The van der Waals surface area contributed by atoms with Gasteiger partial charge < -0.3 is 15.2 Å². The first kappa shape index (κ1) is 19.6. The van der Waals surface area contributed by atoms with Crippen molar-refractivity contribution in [3.05, 3.63) is 76.2 Å². The van der Waals surface area contributed by atoms with Crippen LogP contribution in [0.15, 0.2) is 59.4 Å². The highest BCUT2D eigenvalue weighted by Gasteiger charge is 2.05. The number of aryl methyl sites for hydroxylation is 2. The van der Waals surface area contributed by atoms with Crippen molar-refractivity contribution < 1.29 is 9.47 Å². The van der Waals surface area contributed by atoms with E-state index in [2.05, 4.69) is 23.2 Å². The molecule has 0 radical (unpaired) electrons. The summed E-state index contributed by atoms with van der Waals surface area (Å²) in [6.07, 6.45) is 1.45. The Hall–Kier alpha value is -3.12. The van der Waals surface area contributed by atoms with Gasteiger partial charge in [-0.1, -0.05) is 36.4 Å². The highest BCUT2D eigenvalue weighted by Crippen LogP contribution is 2.24. The zero-order valence-electron chi connectivity index (χ0n) is 16.2. The molecule has 0 saturated carbocycles. The lowest BCUT2D eigenvalue weighted by atomic mass is 10.0. The van der Waals surface area contributed by atoms with Gasteiger partial charge in [-0.15, -0.1) is 0 Å². The standard InChI is InChI=1S/C22H25N3O3/c1-25-21(26)15-19(24-22(25)23)9-6-16-4-3-5-18(14-16)17-7-10-20(11-8-17)28-13-12-27-2/h3-5,7-8,10-11,14-15H,6,9,12-13H2,1-2H3,(H2,23,24). The predicted molar refractivity (Wildman–Crippen MR) is 111 cm³/mol. The second kappa shape index (κ2) is 9.19. The van der Waals surface area contributed by atoms with Gasteiger partial charge in [0.05, 0.1) is 12.3 Å². The molecule has 0 aliphatic carbocycles. The predicted octanol–water partition coefficient (Wildman–Crippen LogP) is 2.84. The van der Waals surface area contributed by atoms with Crippen LogP contribution in [0.4, 0.5) is 5.95 Å². The maximum absolute atomic E-state index is 11.8. The second-order valence-electron chi connectivity index (χ2n) is 6.57. The van der Waals surface area contributed by atoms with Crippen molar-refractivity contribution in [2.24, 2.45) is 7.05 Å². The minimum atomic E-state index is -0.135. The summed E-state index contributed by atoms with van der Waals surface area (Å²) in [5.74, 6) is 1.07. The number of anilines is 1. The van der Waals surface area contributed by atoms with E-state index in [-0.39, 0.29) is 11.5 Å². The van der Waals surface area contributed by atoms with E-state index in [0.29, 0.717) is 25.3 Å². The molecule has 0 aliphatic heterocycles. The number of nitrogen functional groups attached to an aromatic ring is 1. The summed E-state index contributed by atoms with van der Waals surface area (Å²) in [4.78, 5) is 16.1. The molecule has 0 aliphatic rings. The van der Waals surface area contributed by atoms with E-state index < -0.39 is 0 Å². The number of nitrogens with zero attached hydrogens (tertiary/aromatic N) is 2. The van der Waals surface area contributed by atoms with Gasteiger partial charge in [0, 0.05) is 20.2 Å². The van der Waals surface area contributed by atoms with Crippen LogP contribution in [-0.4, -0.2) is 29.9 Å². The van der Waals surface area contributed by atoms with Crippen molar-refractivity contribution in [2.75, 3.05) is 26.1 Å². The number of hydrogen-bond donors (Lipinski definition) is 1. The topological polar surface area (TPSA) is 79.4 Å². The third-order valence-corrected chi connectivity index (χ3v) is 4.56. The van der Waals surface area contributed by atoms with E-state index in [0.717, 1.165) is 23.3 Å². The zero-order valence-corrected chi connectivity index (χ0v) is 16.2. The summed E-state index contributed by atoms with van der Waals surface area (Å²) in [6.45, 7) is 1.10. The van der Waals surface area contributed by atoms with Gasteiger partial charge in [0.25, 0.3) is 5.56 Å². The monoisotopic (exact) mass is 379 g/mol. The number of hydrogen-bond acceptors (Lipinski definition) is 5. The van der Waals surface area contributed by atoms with Crippen LogP contribution in [-0.2, 0) is 24.6 Å². The Balaban J connectivity index is 1.68. The van der Waals surface area contributed by atoms with Gasteiger partial charge in [0.15, 0.2) is 0 Å². The third-order valence-electron chi connectivity index (χ3n) is 4.56. The highest BCUT2D eigenvalue weighted by molar-refractivity contribution is 5.65. The first-order valence-corrected chi connectivity index (χ1v) is 9.20. The number of methoxy groups -OCH3 is 1. The Morgan fingerprint density at radius 1 is 1.00 bits per heavy atom. The molecule has 0 saturated heterocycles. The fraction of sp³-hybridized carbons (Fsp3) is 0.273. The summed E-state index contributed by atoms with van der Waals surface area (Å²) in [7, 11) is 3.27. The molecule has 1 aromatic heterocycles. The van der Waals surface area contributed by atoms with Gasteiger partial charge in [-0.25, -0.2) is 4.98 Å². The molecule has 1 heterocycles. The summed E-state index contributed by atoms with van der Waals surface area (Å²) >= 11 is 0. The Bertz CT molecular complexity index is 981. The molecule has 0 unspecified atom stereocenters. The maximum Gasteiger partial charge on any atom is 0.254 e. The Kier molecular flexibility index (Phi) is 6.45. The summed E-state index contributed by atoms with van der Waals surface area (Å²) in [6, 6.07) is 17.9. The lowest BCUT2D eigenvalue weighted by Crippen LogP contribution is -2.21. The highest BCUT2D eigenvalue weighted by atomic mass is 16.5. The van der Waals surface area contributed by atoms with Gasteiger partial charge in [0.2, 0.25) is 5.95 Å². The Labute approximate surface area is 164 Å². The molecule has 28 heavy (non-hydrogen) atoms. The Morgan fingerprint density at radius 2 is 1.79 bits per heavy atom. The number of benzene rings is 2. The quantitative estimate of drug-likeness (QED) is 0.609. The van der Waals surface area contributed by atoms with Crippen LogP contribution in [0.3, 0.4) is 0 Å². The molecule has 0 spiro atoms. The fourth-order valence-corrected chi connectivity index (χ4v) is 2.90. The molecule has 2 aromatic carbocycles. The largest absolute Gasteiger partial charge is 0.491 e. The SMILES string of the molecule is COCCOc1ccc(-c2cccc(CCc3cc(=O)n(C)c(N)n3)c2)cc1. The van der Waals surface area contributed by atoms with Crippen molar-refractivity contribution in [1.29, 1.82) is 0 Å².